The summed E-state index contributed by atoms with van der Waals surface area (Å²) in [5.41, 5.74) is 21.1. The molecular weight excluding hydrogens is 587 g/mol. The van der Waals surface area contributed by atoms with Crippen LogP contribution in [-0.2, 0) is 23.1 Å². The van der Waals surface area contributed by atoms with E-state index in [1.54, 1.807) is 22.4 Å². The zero-order chi connectivity index (χ0) is 33.2. The zero-order valence-corrected chi connectivity index (χ0v) is 28.2. The van der Waals surface area contributed by atoms with Gasteiger partial charge in [0.25, 0.3) is 0 Å². The number of H-pyrrole nitrogens is 1. The lowest BCUT2D eigenvalue weighted by Crippen LogP contribution is -2.23. The molecule has 2 aromatic heterocycles. The number of nitrogens with two attached hydrogens (primary N) is 3. The van der Waals surface area contributed by atoms with Crippen molar-refractivity contribution >= 4 is 28.8 Å². The summed E-state index contributed by atoms with van der Waals surface area (Å²) >= 11 is 1.78. The number of rotatable bonds is 11. The van der Waals surface area contributed by atoms with Crippen molar-refractivity contribution in [3.63, 3.8) is 0 Å². The van der Waals surface area contributed by atoms with E-state index in [-0.39, 0.29) is 28.3 Å². The van der Waals surface area contributed by atoms with E-state index in [9.17, 15) is 9.18 Å². The third kappa shape index (κ3) is 11.0. The second-order valence-corrected chi connectivity index (χ2v) is 14.1. The molecule has 4 rings (SSSR count). The third-order valence-electron chi connectivity index (χ3n) is 7.04. The Morgan fingerprint density at radius 2 is 1.71 bits per heavy atom. The molecule has 2 aromatic carbocycles. The highest BCUT2D eigenvalue weighted by Crippen LogP contribution is 2.27. The van der Waals surface area contributed by atoms with Crippen LogP contribution in [0.3, 0.4) is 0 Å². The Morgan fingerprint density at radius 1 is 1.02 bits per heavy atom. The lowest BCUT2D eigenvalue weighted by atomic mass is 9.86. The van der Waals surface area contributed by atoms with Gasteiger partial charge in [0.05, 0.1) is 5.69 Å². The molecule has 0 unspecified atom stereocenters. The maximum atomic E-state index is 13.6. The summed E-state index contributed by atoms with van der Waals surface area (Å²) < 4.78 is 15.2. The number of halogens is 1. The molecule has 2 heterocycles. The number of thioether (sulfide) groups is 1. The van der Waals surface area contributed by atoms with Gasteiger partial charge in [-0.1, -0.05) is 65.8 Å². The molecule has 0 saturated carbocycles. The highest BCUT2D eigenvalue weighted by Gasteiger charge is 2.19. The third-order valence-corrected chi connectivity index (χ3v) is 8.10. The Hall–Kier alpha value is -3.67. The molecule has 0 aliphatic heterocycles. The molecular formula is C34H49FN8OS. The molecule has 9 nitrogen and oxygen atoms in total. The number of hydrogen-bond donors (Lipinski definition) is 5. The predicted molar refractivity (Wildman–Crippen MR) is 188 cm³/mol. The lowest BCUT2D eigenvalue weighted by molar-refractivity contribution is 0.522. The molecule has 0 fully saturated rings. The molecule has 0 saturated heterocycles. The van der Waals surface area contributed by atoms with Crippen molar-refractivity contribution in [2.45, 2.75) is 71.1 Å². The minimum atomic E-state index is -0.301. The molecule has 4 aromatic rings. The molecule has 0 bridgehead atoms. The molecule has 0 aliphatic rings. The monoisotopic (exact) mass is 636 g/mol. The fraction of sp³-hybridized carbons (Fsp3) is 0.441. The van der Waals surface area contributed by atoms with Crippen LogP contribution in [-0.4, -0.2) is 45.9 Å². The Morgan fingerprint density at radius 3 is 2.33 bits per heavy atom. The Bertz CT molecular complexity index is 1610. The van der Waals surface area contributed by atoms with Crippen LogP contribution in [0.1, 0.15) is 70.3 Å². The van der Waals surface area contributed by atoms with Gasteiger partial charge >= 0.3 is 5.69 Å². The normalized spacial score (nSPS) is 11.7. The van der Waals surface area contributed by atoms with Crippen molar-refractivity contribution in [1.29, 1.82) is 0 Å². The fourth-order valence-corrected chi connectivity index (χ4v) is 5.24. The van der Waals surface area contributed by atoms with Gasteiger partial charge < -0.3 is 27.5 Å². The van der Waals surface area contributed by atoms with Crippen LogP contribution in [0.15, 0.2) is 64.5 Å². The van der Waals surface area contributed by atoms with E-state index in [0.717, 1.165) is 58.9 Å². The molecule has 0 aliphatic carbocycles. The quantitative estimate of drug-likeness (QED) is 0.0874. The Labute approximate surface area is 270 Å². The lowest BCUT2D eigenvalue weighted by Gasteiger charge is -2.20. The summed E-state index contributed by atoms with van der Waals surface area (Å²) in [7, 11) is 0. The highest BCUT2D eigenvalue weighted by atomic mass is 32.2. The average molecular weight is 637 g/mol. The van der Waals surface area contributed by atoms with E-state index in [1.807, 2.05) is 63.4 Å². The number of nitrogens with one attached hydrogen (secondary N) is 2. The summed E-state index contributed by atoms with van der Waals surface area (Å²) in [5, 5.41) is 4.27. The number of benzene rings is 2. The number of aliphatic imine (C=N–C) groups is 1. The number of hydrogen-bond acceptors (Lipinski definition) is 6. The maximum absolute atomic E-state index is 13.6. The van der Waals surface area contributed by atoms with Crippen LogP contribution in [0, 0.1) is 5.82 Å². The molecule has 0 radical (unpaired) electrons. The number of aromatic nitrogens is 3. The van der Waals surface area contributed by atoms with Gasteiger partial charge in [0, 0.05) is 53.8 Å². The van der Waals surface area contributed by atoms with E-state index in [4.69, 9.17) is 17.2 Å². The van der Waals surface area contributed by atoms with E-state index in [1.165, 1.54) is 5.56 Å². The largest absolute Gasteiger partial charge is 0.370 e. The van der Waals surface area contributed by atoms with Gasteiger partial charge in [0.2, 0.25) is 0 Å². The number of nitrogens with zero attached hydrogens (tertiary/aromatic N) is 3. The first-order valence-electron chi connectivity index (χ1n) is 15.2. The number of fused-ring (bicyclic) bond motifs is 1. The smallest absolute Gasteiger partial charge is 0.354 e. The summed E-state index contributed by atoms with van der Waals surface area (Å²) in [5.74, 6) is 1.86. The Kier molecular flexibility index (Phi) is 12.8. The Balaban J connectivity index is 0.000000292. The van der Waals surface area contributed by atoms with Gasteiger partial charge in [0.1, 0.15) is 11.5 Å². The molecule has 0 amide bonds. The first-order valence-corrected chi connectivity index (χ1v) is 16.4. The molecule has 45 heavy (non-hydrogen) atoms. The van der Waals surface area contributed by atoms with E-state index < -0.39 is 0 Å². The standard InChI is InChI=1S/C21H29N7O.C13H20FNS/c1-21(2,3)17-11-15-13-28(20(29)27-18(15)26-17)16-7-5-14(6-8-16)12-24-9-4-10-25-19(22)23;1-13(2,3)11-8-10(4-5-12(11)14)9-16-7-6-15/h5-8,11,13,24H,4,9-10,12H2,1-3H3,(H4,22,23,25)(H,26,27,29);4-5,8H,6-7,9,15H2,1-3H3. The molecule has 8 N–H and O–H groups in total. The van der Waals surface area contributed by atoms with Crippen LogP contribution >= 0.6 is 11.8 Å². The van der Waals surface area contributed by atoms with Crippen LogP contribution < -0.4 is 28.2 Å². The van der Waals surface area contributed by atoms with E-state index >= 15 is 0 Å². The maximum Gasteiger partial charge on any atom is 0.354 e. The molecule has 0 atom stereocenters. The van der Waals surface area contributed by atoms with Crippen LogP contribution in [0.5, 0.6) is 0 Å². The first kappa shape index (κ1) is 35.8. The van der Waals surface area contributed by atoms with Crippen LogP contribution in [0.4, 0.5) is 4.39 Å². The van der Waals surface area contributed by atoms with Crippen LogP contribution in [0.25, 0.3) is 16.7 Å². The molecule has 11 heteroatoms. The van der Waals surface area contributed by atoms with Crippen molar-refractivity contribution in [3.8, 4) is 5.69 Å². The van der Waals surface area contributed by atoms with Crippen molar-refractivity contribution in [3.05, 3.63) is 93.4 Å². The number of aromatic amines is 1. The molecule has 244 valence electrons. The van der Waals surface area contributed by atoms with Gasteiger partial charge in [-0.3, -0.25) is 9.56 Å². The first-order chi connectivity index (χ1) is 21.2. The van der Waals surface area contributed by atoms with Gasteiger partial charge in [-0.25, -0.2) is 9.18 Å². The number of guanidine groups is 1. The van der Waals surface area contributed by atoms with Gasteiger partial charge in [0.15, 0.2) is 5.96 Å². The van der Waals surface area contributed by atoms with Crippen molar-refractivity contribution in [1.82, 2.24) is 19.9 Å². The van der Waals surface area contributed by atoms with Gasteiger partial charge in [-0.05, 0) is 59.3 Å². The van der Waals surface area contributed by atoms with Crippen molar-refractivity contribution < 1.29 is 4.39 Å². The average Bonchev–Trinajstić information content (AvgIpc) is 3.39. The SMILES string of the molecule is CC(C)(C)c1cc(CSCCN)ccc1F.CC(C)(C)c1cc2cn(-c3ccc(CNCCCN=C(N)N)cc3)c(=O)nc2[nH]1. The summed E-state index contributed by atoms with van der Waals surface area (Å²) in [4.78, 5) is 23.9. The van der Waals surface area contributed by atoms with Crippen molar-refractivity contribution in [2.24, 2.45) is 22.2 Å². The van der Waals surface area contributed by atoms with E-state index in [2.05, 4.69) is 47.1 Å². The van der Waals surface area contributed by atoms with Crippen molar-refractivity contribution in [2.75, 3.05) is 25.4 Å². The molecule has 0 spiro atoms. The van der Waals surface area contributed by atoms with E-state index in [0.29, 0.717) is 18.7 Å². The second kappa shape index (κ2) is 16.1. The summed E-state index contributed by atoms with van der Waals surface area (Å²) in [6.07, 6.45) is 2.71. The minimum absolute atomic E-state index is 0.0352. The highest BCUT2D eigenvalue weighted by molar-refractivity contribution is 7.98. The van der Waals surface area contributed by atoms with Gasteiger partial charge in [-0.15, -0.1) is 0 Å². The summed E-state index contributed by atoms with van der Waals surface area (Å²) in [6, 6.07) is 15.3. The second-order valence-electron chi connectivity index (χ2n) is 13.0. The fourth-order valence-electron chi connectivity index (χ4n) is 4.51. The van der Waals surface area contributed by atoms with Gasteiger partial charge in [-0.2, -0.15) is 16.7 Å². The predicted octanol–water partition coefficient (Wildman–Crippen LogP) is 5.08. The minimum Gasteiger partial charge on any atom is -0.370 e. The summed E-state index contributed by atoms with van der Waals surface area (Å²) in [6.45, 7) is 15.3. The topological polar surface area (TPSA) is 153 Å². The zero-order valence-electron chi connectivity index (χ0n) is 27.4. The van der Waals surface area contributed by atoms with Crippen LogP contribution in [0.2, 0.25) is 0 Å².